The molecule has 7 heteroatoms. The predicted molar refractivity (Wildman–Crippen MR) is 106 cm³/mol. The Morgan fingerprint density at radius 1 is 1.21 bits per heavy atom. The summed E-state index contributed by atoms with van der Waals surface area (Å²) in [5.74, 6) is 1.44. The largest absolute Gasteiger partial charge is 0.359 e. The zero-order valence-corrected chi connectivity index (χ0v) is 16.5. The Kier molecular flexibility index (Phi) is 4.90. The third kappa shape index (κ3) is 3.78. The summed E-state index contributed by atoms with van der Waals surface area (Å²) >= 11 is 0. The third-order valence-electron chi connectivity index (χ3n) is 5.04. The van der Waals surface area contributed by atoms with Crippen molar-refractivity contribution in [2.45, 2.75) is 46.2 Å². The van der Waals surface area contributed by atoms with E-state index in [1.165, 1.54) is 5.56 Å². The fourth-order valence-electron chi connectivity index (χ4n) is 3.78. The van der Waals surface area contributed by atoms with Gasteiger partial charge in [0.1, 0.15) is 5.82 Å². The van der Waals surface area contributed by atoms with E-state index in [0.717, 1.165) is 35.6 Å². The van der Waals surface area contributed by atoms with E-state index in [9.17, 15) is 4.79 Å². The number of carbonyl (C=O) groups is 1. The second-order valence-corrected chi connectivity index (χ2v) is 7.47. The van der Waals surface area contributed by atoms with Gasteiger partial charge in [-0.3, -0.25) is 5.32 Å². The van der Waals surface area contributed by atoms with Crippen LogP contribution in [0.5, 0.6) is 0 Å². The van der Waals surface area contributed by atoms with Crippen LogP contribution in [0.2, 0.25) is 0 Å². The minimum Gasteiger partial charge on any atom is -0.359 e. The maximum Gasteiger partial charge on any atom is 0.323 e. The van der Waals surface area contributed by atoms with Crippen molar-refractivity contribution in [1.29, 1.82) is 0 Å². The Balaban J connectivity index is 1.51. The lowest BCUT2D eigenvalue weighted by Crippen LogP contribution is -2.35. The van der Waals surface area contributed by atoms with Gasteiger partial charge in [0.2, 0.25) is 0 Å². The first-order valence-electron chi connectivity index (χ1n) is 9.60. The van der Waals surface area contributed by atoms with Gasteiger partial charge in [-0.05, 0) is 39.2 Å². The van der Waals surface area contributed by atoms with Crippen LogP contribution in [0.3, 0.4) is 0 Å². The molecule has 1 saturated heterocycles. The van der Waals surface area contributed by atoms with Crippen molar-refractivity contribution in [2.24, 2.45) is 0 Å². The van der Waals surface area contributed by atoms with Gasteiger partial charge in [-0.2, -0.15) is 5.10 Å². The lowest BCUT2D eigenvalue weighted by Gasteiger charge is -2.23. The molecule has 1 fully saturated rings. The van der Waals surface area contributed by atoms with Crippen LogP contribution in [-0.4, -0.2) is 32.4 Å². The zero-order chi connectivity index (χ0) is 19.7. The number of benzene rings is 1. The number of nitrogens with zero attached hydrogens (tertiary/aromatic N) is 4. The Morgan fingerprint density at radius 3 is 2.82 bits per heavy atom. The molecule has 7 nitrogen and oxygen atoms in total. The molecule has 1 N–H and O–H groups in total. The lowest BCUT2D eigenvalue weighted by molar-refractivity contribution is 0.195. The molecule has 4 rings (SSSR count). The molecular weight excluding hydrogens is 354 g/mol. The molecule has 2 aromatic heterocycles. The number of nitrogens with one attached hydrogen (secondary N) is 1. The fourth-order valence-corrected chi connectivity index (χ4v) is 3.78. The van der Waals surface area contributed by atoms with Crippen molar-refractivity contribution in [3.8, 4) is 0 Å². The lowest BCUT2D eigenvalue weighted by atomic mass is 10.1. The van der Waals surface area contributed by atoms with Crippen LogP contribution < -0.4 is 5.32 Å². The van der Waals surface area contributed by atoms with Crippen LogP contribution in [0.4, 0.5) is 10.6 Å². The standard InChI is InChI=1S/C21H25N5O2/c1-14-6-4-7-17(10-14)13-26-20(12-15(2)23-26)22-21(27)25-9-5-8-18(25)19-11-16(3)24-28-19/h4,6-7,10-12,18H,5,8-9,13H2,1-3H3,(H,22,27). The number of aryl methyl sites for hydroxylation is 3. The van der Waals surface area contributed by atoms with Crippen LogP contribution in [0.1, 0.15) is 47.2 Å². The number of rotatable bonds is 4. The number of likely N-dealkylation sites (tertiary alicyclic amines) is 1. The van der Waals surface area contributed by atoms with E-state index in [1.54, 1.807) is 0 Å². The molecule has 0 saturated carbocycles. The number of urea groups is 1. The number of amides is 2. The van der Waals surface area contributed by atoms with Gasteiger partial charge in [-0.15, -0.1) is 0 Å². The number of hydrogen-bond acceptors (Lipinski definition) is 4. The zero-order valence-electron chi connectivity index (χ0n) is 16.5. The van der Waals surface area contributed by atoms with Crippen LogP contribution in [0.15, 0.2) is 40.9 Å². The molecule has 1 atom stereocenters. The molecule has 28 heavy (non-hydrogen) atoms. The van der Waals surface area contributed by atoms with Gasteiger partial charge in [-0.1, -0.05) is 35.0 Å². The van der Waals surface area contributed by atoms with E-state index < -0.39 is 0 Å². The molecule has 1 aliphatic heterocycles. The summed E-state index contributed by atoms with van der Waals surface area (Å²) < 4.78 is 7.25. The van der Waals surface area contributed by atoms with Gasteiger partial charge in [0, 0.05) is 18.7 Å². The maximum atomic E-state index is 13.0. The highest BCUT2D eigenvalue weighted by atomic mass is 16.5. The fraction of sp³-hybridized carbons (Fsp3) is 0.381. The summed E-state index contributed by atoms with van der Waals surface area (Å²) in [6.07, 6.45) is 1.82. The van der Waals surface area contributed by atoms with Gasteiger partial charge in [0.05, 0.1) is 24.0 Å². The third-order valence-corrected chi connectivity index (χ3v) is 5.04. The molecular formula is C21H25N5O2. The van der Waals surface area contributed by atoms with Crippen LogP contribution in [0.25, 0.3) is 0 Å². The van der Waals surface area contributed by atoms with Gasteiger partial charge in [0.15, 0.2) is 5.76 Å². The number of aromatic nitrogens is 3. The van der Waals surface area contributed by atoms with E-state index >= 15 is 0 Å². The molecule has 1 unspecified atom stereocenters. The summed E-state index contributed by atoms with van der Waals surface area (Å²) in [6, 6.07) is 11.9. The highest BCUT2D eigenvalue weighted by Crippen LogP contribution is 2.32. The summed E-state index contributed by atoms with van der Waals surface area (Å²) in [5, 5.41) is 11.6. The van der Waals surface area contributed by atoms with Crippen molar-refractivity contribution in [2.75, 3.05) is 11.9 Å². The quantitative estimate of drug-likeness (QED) is 0.737. The first kappa shape index (κ1) is 18.3. The van der Waals surface area contributed by atoms with Crippen molar-refractivity contribution >= 4 is 11.8 Å². The van der Waals surface area contributed by atoms with Crippen molar-refractivity contribution in [3.63, 3.8) is 0 Å². The summed E-state index contributed by atoms with van der Waals surface area (Å²) in [5.41, 5.74) is 4.05. The molecule has 0 radical (unpaired) electrons. The van der Waals surface area contributed by atoms with Crippen molar-refractivity contribution in [3.05, 3.63) is 64.7 Å². The second-order valence-electron chi connectivity index (χ2n) is 7.47. The number of anilines is 1. The van der Waals surface area contributed by atoms with E-state index in [0.29, 0.717) is 18.9 Å². The smallest absolute Gasteiger partial charge is 0.323 e. The monoisotopic (exact) mass is 379 g/mol. The average molecular weight is 379 g/mol. The Hall–Kier alpha value is -3.09. The van der Waals surface area contributed by atoms with Crippen LogP contribution in [-0.2, 0) is 6.54 Å². The molecule has 0 bridgehead atoms. The van der Waals surface area contributed by atoms with Gasteiger partial charge >= 0.3 is 6.03 Å². The number of carbonyl (C=O) groups excluding carboxylic acids is 1. The van der Waals surface area contributed by atoms with E-state index in [2.05, 4.69) is 40.7 Å². The second kappa shape index (κ2) is 7.50. The molecule has 1 aliphatic rings. The highest BCUT2D eigenvalue weighted by molar-refractivity contribution is 5.89. The minimum absolute atomic E-state index is 0.0737. The molecule has 0 spiro atoms. The normalized spacial score (nSPS) is 16.5. The van der Waals surface area contributed by atoms with Gasteiger partial charge in [-0.25, -0.2) is 9.48 Å². The molecule has 1 aromatic carbocycles. The molecule has 2 amide bonds. The molecule has 0 aliphatic carbocycles. The predicted octanol–water partition coefficient (Wildman–Crippen LogP) is 4.21. The Morgan fingerprint density at radius 2 is 2.07 bits per heavy atom. The van der Waals surface area contributed by atoms with E-state index in [1.807, 2.05) is 41.6 Å². The topological polar surface area (TPSA) is 76.2 Å². The Labute approximate surface area is 164 Å². The molecule has 3 heterocycles. The highest BCUT2D eigenvalue weighted by Gasteiger charge is 2.33. The summed E-state index contributed by atoms with van der Waals surface area (Å²) in [7, 11) is 0. The van der Waals surface area contributed by atoms with Crippen LogP contribution in [0, 0.1) is 20.8 Å². The molecule has 146 valence electrons. The van der Waals surface area contributed by atoms with Crippen molar-refractivity contribution < 1.29 is 9.32 Å². The summed E-state index contributed by atoms with van der Waals surface area (Å²) in [4.78, 5) is 14.8. The van der Waals surface area contributed by atoms with E-state index in [-0.39, 0.29) is 12.1 Å². The minimum atomic E-state index is -0.137. The summed E-state index contributed by atoms with van der Waals surface area (Å²) in [6.45, 7) is 7.19. The van der Waals surface area contributed by atoms with Crippen LogP contribution >= 0.6 is 0 Å². The Bertz CT molecular complexity index is 990. The van der Waals surface area contributed by atoms with Gasteiger partial charge in [0.25, 0.3) is 0 Å². The average Bonchev–Trinajstić information content (AvgIpc) is 3.35. The first-order valence-corrected chi connectivity index (χ1v) is 9.60. The van der Waals surface area contributed by atoms with Crippen molar-refractivity contribution in [1.82, 2.24) is 19.8 Å². The van der Waals surface area contributed by atoms with Gasteiger partial charge < -0.3 is 9.42 Å². The maximum absolute atomic E-state index is 13.0. The van der Waals surface area contributed by atoms with E-state index in [4.69, 9.17) is 4.52 Å². The SMILES string of the molecule is Cc1cccc(Cn2nc(C)cc2NC(=O)N2CCCC2c2cc(C)no2)c1. The first-order chi connectivity index (χ1) is 13.5. The molecule has 3 aromatic rings. The number of hydrogen-bond donors (Lipinski definition) is 1.